The summed E-state index contributed by atoms with van der Waals surface area (Å²) >= 11 is 4.94. The zero-order chi connectivity index (χ0) is 18.1. The fourth-order valence-electron chi connectivity index (χ4n) is 3.25. The van der Waals surface area contributed by atoms with Crippen molar-refractivity contribution in [2.75, 3.05) is 0 Å². The van der Waals surface area contributed by atoms with Gasteiger partial charge in [0.25, 0.3) is 5.91 Å². The first-order valence-electron chi connectivity index (χ1n) is 8.10. The van der Waals surface area contributed by atoms with Gasteiger partial charge in [0.15, 0.2) is 5.54 Å². The Labute approximate surface area is 163 Å². The van der Waals surface area contributed by atoms with Crippen LogP contribution in [0.5, 0.6) is 0 Å². The van der Waals surface area contributed by atoms with E-state index in [-0.39, 0.29) is 18.5 Å². The molecule has 130 valence electrons. The second-order valence-electron chi connectivity index (χ2n) is 6.01. The van der Waals surface area contributed by atoms with Crippen LogP contribution in [0.2, 0.25) is 0 Å². The molecule has 1 N–H and O–H groups in total. The third kappa shape index (κ3) is 2.75. The van der Waals surface area contributed by atoms with Crippen LogP contribution in [0.4, 0.5) is 4.79 Å². The molecule has 0 atom stereocenters. The van der Waals surface area contributed by atoms with E-state index in [0.717, 1.165) is 19.8 Å². The molecule has 0 spiro atoms. The number of carbonyl (C=O) groups excluding carboxylic acids is 2. The van der Waals surface area contributed by atoms with Gasteiger partial charge in [-0.15, -0.1) is 11.3 Å². The normalized spacial score (nSPS) is 16.0. The highest BCUT2D eigenvalue weighted by molar-refractivity contribution is 9.11. The molecule has 6 heteroatoms. The van der Waals surface area contributed by atoms with Crippen LogP contribution in [0.1, 0.15) is 16.0 Å². The highest BCUT2D eigenvalue weighted by Gasteiger charge is 2.53. The Morgan fingerprint density at radius 3 is 1.96 bits per heavy atom. The summed E-state index contributed by atoms with van der Waals surface area (Å²) in [5, 5.41) is 2.96. The summed E-state index contributed by atoms with van der Waals surface area (Å²) in [6.45, 7) is 0.252. The topological polar surface area (TPSA) is 49.4 Å². The van der Waals surface area contributed by atoms with Crippen LogP contribution in [0, 0.1) is 0 Å². The standard InChI is InChI=1S/C20H15BrN2O2S/c21-17-12-11-16(26-17)13-23-18(24)20(22-19(23)25,14-7-3-1-4-8-14)15-9-5-2-6-10-15/h1-12H,13H2,(H,22,25). The van der Waals surface area contributed by atoms with E-state index in [1.54, 1.807) is 0 Å². The SMILES string of the molecule is O=C1NC(c2ccccc2)(c2ccccc2)C(=O)N1Cc1ccc(Br)s1. The molecule has 1 aliphatic heterocycles. The maximum atomic E-state index is 13.5. The van der Waals surface area contributed by atoms with Crippen LogP contribution in [0.3, 0.4) is 0 Å². The molecule has 2 heterocycles. The lowest BCUT2D eigenvalue weighted by molar-refractivity contribution is -0.130. The Morgan fingerprint density at radius 1 is 0.885 bits per heavy atom. The predicted octanol–water partition coefficient (Wildman–Crippen LogP) is 4.51. The van der Waals surface area contributed by atoms with E-state index >= 15 is 0 Å². The number of benzene rings is 2. The molecule has 0 saturated carbocycles. The number of hydrogen-bond donors (Lipinski definition) is 1. The summed E-state index contributed by atoms with van der Waals surface area (Å²) < 4.78 is 0.969. The van der Waals surface area contributed by atoms with Crippen molar-refractivity contribution in [2.45, 2.75) is 12.1 Å². The minimum Gasteiger partial charge on any atom is -0.315 e. The van der Waals surface area contributed by atoms with Gasteiger partial charge in [-0.25, -0.2) is 4.79 Å². The maximum absolute atomic E-state index is 13.5. The van der Waals surface area contributed by atoms with E-state index < -0.39 is 5.54 Å². The van der Waals surface area contributed by atoms with Crippen LogP contribution in [-0.4, -0.2) is 16.8 Å². The van der Waals surface area contributed by atoms with Crippen molar-refractivity contribution >= 4 is 39.2 Å². The first-order valence-corrected chi connectivity index (χ1v) is 9.71. The number of nitrogens with one attached hydrogen (secondary N) is 1. The van der Waals surface area contributed by atoms with Gasteiger partial charge in [0.1, 0.15) is 0 Å². The van der Waals surface area contributed by atoms with Gasteiger partial charge in [0.2, 0.25) is 0 Å². The third-order valence-corrected chi connectivity index (χ3v) is 6.07. The third-order valence-electron chi connectivity index (χ3n) is 4.46. The Hall–Kier alpha value is -2.44. The number of nitrogens with zero attached hydrogens (tertiary/aromatic N) is 1. The van der Waals surface area contributed by atoms with E-state index in [1.165, 1.54) is 16.2 Å². The van der Waals surface area contributed by atoms with Crippen LogP contribution in [-0.2, 0) is 16.9 Å². The fraction of sp³-hybridized carbons (Fsp3) is 0.100. The van der Waals surface area contributed by atoms with Gasteiger partial charge in [-0.2, -0.15) is 0 Å². The summed E-state index contributed by atoms with van der Waals surface area (Å²) in [6.07, 6.45) is 0. The molecular weight excluding hydrogens is 412 g/mol. The number of thiophene rings is 1. The summed E-state index contributed by atoms with van der Waals surface area (Å²) in [5.74, 6) is -0.260. The highest BCUT2D eigenvalue weighted by Crippen LogP contribution is 2.37. The number of hydrogen-bond acceptors (Lipinski definition) is 3. The van der Waals surface area contributed by atoms with Crippen molar-refractivity contribution in [3.8, 4) is 0 Å². The molecule has 1 saturated heterocycles. The maximum Gasteiger partial charge on any atom is 0.325 e. The van der Waals surface area contributed by atoms with E-state index in [0.29, 0.717) is 0 Å². The van der Waals surface area contributed by atoms with Crippen molar-refractivity contribution in [3.05, 3.63) is 92.6 Å². The molecule has 4 rings (SSSR count). The first kappa shape index (κ1) is 17.0. The van der Waals surface area contributed by atoms with E-state index in [1.807, 2.05) is 72.8 Å². The molecule has 4 nitrogen and oxygen atoms in total. The van der Waals surface area contributed by atoms with Crippen molar-refractivity contribution < 1.29 is 9.59 Å². The molecule has 0 aliphatic carbocycles. The van der Waals surface area contributed by atoms with Gasteiger partial charge in [-0.3, -0.25) is 9.69 Å². The minimum absolute atomic E-state index is 0.252. The molecule has 1 aliphatic rings. The number of halogens is 1. The van der Waals surface area contributed by atoms with Crippen molar-refractivity contribution in [3.63, 3.8) is 0 Å². The zero-order valence-corrected chi connectivity index (χ0v) is 16.1. The molecular formula is C20H15BrN2O2S. The van der Waals surface area contributed by atoms with Crippen molar-refractivity contribution in [1.29, 1.82) is 0 Å². The summed E-state index contributed by atoms with van der Waals surface area (Å²) in [5.41, 5.74) is 0.299. The molecule has 3 aromatic rings. The van der Waals surface area contributed by atoms with Gasteiger partial charge >= 0.3 is 6.03 Å². The van der Waals surface area contributed by atoms with E-state index in [9.17, 15) is 9.59 Å². The highest BCUT2D eigenvalue weighted by atomic mass is 79.9. The van der Waals surface area contributed by atoms with Gasteiger partial charge < -0.3 is 5.32 Å². The monoisotopic (exact) mass is 426 g/mol. The Morgan fingerprint density at radius 2 is 1.46 bits per heavy atom. The van der Waals surface area contributed by atoms with Crippen LogP contribution < -0.4 is 5.32 Å². The van der Waals surface area contributed by atoms with E-state index in [4.69, 9.17) is 0 Å². The fourth-order valence-corrected chi connectivity index (χ4v) is 4.72. The molecule has 0 unspecified atom stereocenters. The zero-order valence-electron chi connectivity index (χ0n) is 13.7. The Kier molecular flexibility index (Phi) is 4.38. The average Bonchev–Trinajstić information content (AvgIpc) is 3.20. The number of carbonyl (C=O) groups is 2. The molecule has 0 bridgehead atoms. The molecule has 1 aromatic heterocycles. The molecule has 3 amide bonds. The quantitative estimate of drug-likeness (QED) is 0.624. The van der Waals surface area contributed by atoms with Gasteiger partial charge in [0.05, 0.1) is 10.3 Å². The summed E-state index contributed by atoms with van der Waals surface area (Å²) in [7, 11) is 0. The minimum atomic E-state index is -1.20. The number of imide groups is 1. The first-order chi connectivity index (χ1) is 12.6. The molecule has 0 radical (unpaired) electrons. The van der Waals surface area contributed by atoms with Crippen molar-refractivity contribution in [1.82, 2.24) is 10.2 Å². The lowest BCUT2D eigenvalue weighted by Gasteiger charge is -2.28. The lowest BCUT2D eigenvalue weighted by atomic mass is 9.82. The van der Waals surface area contributed by atoms with Gasteiger partial charge in [0, 0.05) is 4.88 Å². The van der Waals surface area contributed by atoms with Crippen LogP contribution >= 0.6 is 27.3 Å². The number of amides is 3. The van der Waals surface area contributed by atoms with Crippen molar-refractivity contribution in [2.24, 2.45) is 0 Å². The Balaban J connectivity index is 1.80. The second-order valence-corrected chi connectivity index (χ2v) is 8.56. The lowest BCUT2D eigenvalue weighted by Crippen LogP contribution is -2.45. The average molecular weight is 427 g/mol. The number of rotatable bonds is 4. The predicted molar refractivity (Wildman–Crippen MR) is 105 cm³/mol. The Bertz CT molecular complexity index is 917. The molecule has 26 heavy (non-hydrogen) atoms. The van der Waals surface area contributed by atoms with Gasteiger partial charge in [-0.05, 0) is 39.2 Å². The second kappa shape index (κ2) is 6.70. The van der Waals surface area contributed by atoms with Crippen LogP contribution in [0.25, 0.3) is 0 Å². The summed E-state index contributed by atoms with van der Waals surface area (Å²) in [6, 6.07) is 22.2. The largest absolute Gasteiger partial charge is 0.325 e. The number of urea groups is 1. The molecule has 2 aromatic carbocycles. The summed E-state index contributed by atoms with van der Waals surface area (Å²) in [4.78, 5) is 28.5. The van der Waals surface area contributed by atoms with E-state index in [2.05, 4.69) is 21.2 Å². The van der Waals surface area contributed by atoms with Crippen LogP contribution in [0.15, 0.2) is 76.6 Å². The smallest absolute Gasteiger partial charge is 0.315 e. The molecule has 1 fully saturated rings. The van der Waals surface area contributed by atoms with Gasteiger partial charge in [-0.1, -0.05) is 60.7 Å².